The molecule has 2 aromatic rings. The van der Waals surface area contributed by atoms with Crippen LogP contribution < -0.4 is 14.8 Å². The van der Waals surface area contributed by atoms with Gasteiger partial charge in [0.1, 0.15) is 17.5 Å². The fourth-order valence-corrected chi connectivity index (χ4v) is 3.62. The molecule has 1 N–H and O–H groups in total. The SMILES string of the molecule is COc1cccc(CNC(=O)C2CCCCC(=O)N2Cc2cccc(OC)c2)c1. The maximum absolute atomic E-state index is 13.0. The van der Waals surface area contributed by atoms with E-state index < -0.39 is 6.04 Å². The first-order chi connectivity index (χ1) is 14.1. The molecule has 3 rings (SSSR count). The monoisotopic (exact) mass is 396 g/mol. The molecule has 2 aromatic carbocycles. The molecule has 1 unspecified atom stereocenters. The predicted octanol–water partition coefficient (Wildman–Crippen LogP) is 3.29. The number of nitrogens with zero attached hydrogens (tertiary/aromatic N) is 1. The number of carbonyl (C=O) groups is 2. The van der Waals surface area contributed by atoms with E-state index in [1.807, 2.05) is 48.5 Å². The van der Waals surface area contributed by atoms with E-state index in [1.165, 1.54) is 0 Å². The number of hydrogen-bond acceptors (Lipinski definition) is 4. The molecule has 29 heavy (non-hydrogen) atoms. The molecular weight excluding hydrogens is 368 g/mol. The molecule has 0 radical (unpaired) electrons. The van der Waals surface area contributed by atoms with Crippen LogP contribution in [0, 0.1) is 0 Å². The van der Waals surface area contributed by atoms with E-state index in [0.29, 0.717) is 25.9 Å². The number of rotatable bonds is 7. The number of nitrogens with one attached hydrogen (secondary N) is 1. The van der Waals surface area contributed by atoms with Crippen LogP contribution in [0.5, 0.6) is 11.5 Å². The molecule has 2 amide bonds. The smallest absolute Gasteiger partial charge is 0.243 e. The lowest BCUT2D eigenvalue weighted by Crippen LogP contribution is -2.48. The zero-order valence-electron chi connectivity index (χ0n) is 17.0. The van der Waals surface area contributed by atoms with Crippen molar-refractivity contribution in [1.29, 1.82) is 0 Å². The molecule has 0 saturated carbocycles. The predicted molar refractivity (Wildman–Crippen MR) is 111 cm³/mol. The van der Waals surface area contributed by atoms with Crippen LogP contribution in [-0.2, 0) is 22.7 Å². The Kier molecular flexibility index (Phi) is 7.11. The maximum atomic E-state index is 13.0. The van der Waals surface area contributed by atoms with Gasteiger partial charge in [-0.3, -0.25) is 9.59 Å². The van der Waals surface area contributed by atoms with E-state index in [0.717, 1.165) is 35.5 Å². The normalized spacial score (nSPS) is 16.8. The molecule has 0 bridgehead atoms. The minimum atomic E-state index is -0.471. The van der Waals surface area contributed by atoms with Crippen molar-refractivity contribution in [2.45, 2.75) is 44.8 Å². The summed E-state index contributed by atoms with van der Waals surface area (Å²) in [6.07, 6.45) is 2.81. The van der Waals surface area contributed by atoms with Crippen LogP contribution in [0.15, 0.2) is 48.5 Å². The van der Waals surface area contributed by atoms with Crippen molar-refractivity contribution >= 4 is 11.8 Å². The van der Waals surface area contributed by atoms with Crippen LogP contribution in [0.2, 0.25) is 0 Å². The third-order valence-electron chi connectivity index (χ3n) is 5.21. The Morgan fingerprint density at radius 3 is 2.38 bits per heavy atom. The first-order valence-corrected chi connectivity index (χ1v) is 9.93. The number of methoxy groups -OCH3 is 2. The Labute approximate surface area is 171 Å². The van der Waals surface area contributed by atoms with Crippen molar-refractivity contribution in [3.63, 3.8) is 0 Å². The molecule has 154 valence electrons. The van der Waals surface area contributed by atoms with Gasteiger partial charge in [-0.25, -0.2) is 0 Å². The quantitative estimate of drug-likeness (QED) is 0.780. The van der Waals surface area contributed by atoms with E-state index in [-0.39, 0.29) is 11.8 Å². The number of hydrogen-bond donors (Lipinski definition) is 1. The second-order valence-electron chi connectivity index (χ2n) is 7.20. The molecular formula is C23H28N2O4. The van der Waals surface area contributed by atoms with Gasteiger partial charge in [-0.2, -0.15) is 0 Å². The first-order valence-electron chi connectivity index (χ1n) is 9.93. The number of benzene rings is 2. The largest absolute Gasteiger partial charge is 0.497 e. The van der Waals surface area contributed by atoms with Gasteiger partial charge in [0.15, 0.2) is 0 Å². The molecule has 1 atom stereocenters. The Hall–Kier alpha value is -3.02. The number of likely N-dealkylation sites (tertiary alicyclic amines) is 1. The molecule has 0 spiro atoms. The van der Waals surface area contributed by atoms with E-state index in [9.17, 15) is 9.59 Å². The van der Waals surface area contributed by atoms with Crippen LogP contribution in [0.1, 0.15) is 36.8 Å². The molecule has 6 nitrogen and oxygen atoms in total. The highest BCUT2D eigenvalue weighted by atomic mass is 16.5. The van der Waals surface area contributed by atoms with Crippen LogP contribution in [-0.4, -0.2) is 37.0 Å². The molecule has 1 heterocycles. The third-order valence-corrected chi connectivity index (χ3v) is 5.21. The highest BCUT2D eigenvalue weighted by Gasteiger charge is 2.31. The van der Waals surface area contributed by atoms with Crippen molar-refractivity contribution < 1.29 is 19.1 Å². The second-order valence-corrected chi connectivity index (χ2v) is 7.20. The summed E-state index contributed by atoms with van der Waals surface area (Å²) in [7, 11) is 3.23. The average Bonchev–Trinajstić information content (AvgIpc) is 2.94. The lowest BCUT2D eigenvalue weighted by molar-refractivity contribution is -0.140. The zero-order valence-corrected chi connectivity index (χ0v) is 17.0. The molecule has 1 aliphatic rings. The molecule has 1 saturated heterocycles. The number of ether oxygens (including phenoxy) is 2. The maximum Gasteiger partial charge on any atom is 0.243 e. The number of carbonyl (C=O) groups excluding carboxylic acids is 2. The standard InChI is InChI=1S/C23H28N2O4/c1-28-19-9-5-7-17(13-19)15-24-23(27)21-11-3-4-12-22(26)25(21)16-18-8-6-10-20(14-18)29-2/h5-10,13-14,21H,3-4,11-12,15-16H2,1-2H3,(H,24,27). The van der Waals surface area contributed by atoms with E-state index in [1.54, 1.807) is 19.1 Å². The third kappa shape index (κ3) is 5.50. The Morgan fingerprint density at radius 2 is 1.69 bits per heavy atom. The van der Waals surface area contributed by atoms with Gasteiger partial charge in [0.25, 0.3) is 0 Å². The summed E-state index contributed by atoms with van der Waals surface area (Å²) in [5.74, 6) is 1.39. The van der Waals surface area contributed by atoms with Crippen molar-refractivity contribution in [1.82, 2.24) is 10.2 Å². The fourth-order valence-electron chi connectivity index (χ4n) is 3.62. The summed E-state index contributed by atoms with van der Waals surface area (Å²) in [5.41, 5.74) is 1.90. The van der Waals surface area contributed by atoms with Crippen molar-refractivity contribution in [3.8, 4) is 11.5 Å². The lowest BCUT2D eigenvalue weighted by atomic mass is 10.1. The van der Waals surface area contributed by atoms with Gasteiger partial charge in [-0.1, -0.05) is 30.7 Å². The van der Waals surface area contributed by atoms with Crippen molar-refractivity contribution in [2.75, 3.05) is 14.2 Å². The highest BCUT2D eigenvalue weighted by molar-refractivity contribution is 5.88. The summed E-state index contributed by atoms with van der Waals surface area (Å²) in [6.45, 7) is 0.793. The molecule has 1 fully saturated rings. The highest BCUT2D eigenvalue weighted by Crippen LogP contribution is 2.22. The lowest BCUT2D eigenvalue weighted by Gasteiger charge is -2.29. The Balaban J connectivity index is 1.72. The van der Waals surface area contributed by atoms with Gasteiger partial charge in [0.05, 0.1) is 14.2 Å². The van der Waals surface area contributed by atoms with Gasteiger partial charge < -0.3 is 19.7 Å². The summed E-state index contributed by atoms with van der Waals surface area (Å²) in [4.78, 5) is 27.4. The van der Waals surface area contributed by atoms with E-state index in [4.69, 9.17) is 9.47 Å². The van der Waals surface area contributed by atoms with Gasteiger partial charge in [0, 0.05) is 19.5 Å². The topological polar surface area (TPSA) is 67.9 Å². The second kappa shape index (κ2) is 9.96. The van der Waals surface area contributed by atoms with Crippen LogP contribution in [0.4, 0.5) is 0 Å². The van der Waals surface area contributed by atoms with Gasteiger partial charge in [0.2, 0.25) is 11.8 Å². The van der Waals surface area contributed by atoms with E-state index >= 15 is 0 Å². The first kappa shape index (κ1) is 20.7. The summed E-state index contributed by atoms with van der Waals surface area (Å²) >= 11 is 0. The Bertz CT molecular complexity index is 852. The van der Waals surface area contributed by atoms with Gasteiger partial charge >= 0.3 is 0 Å². The Morgan fingerprint density at radius 1 is 1.03 bits per heavy atom. The molecule has 1 aliphatic heterocycles. The van der Waals surface area contributed by atoms with Crippen LogP contribution >= 0.6 is 0 Å². The van der Waals surface area contributed by atoms with Gasteiger partial charge in [-0.05, 0) is 48.2 Å². The van der Waals surface area contributed by atoms with Crippen molar-refractivity contribution in [3.05, 3.63) is 59.7 Å². The molecule has 0 aromatic heterocycles. The summed E-state index contributed by atoms with van der Waals surface area (Å²) in [6, 6.07) is 14.7. The molecule has 6 heteroatoms. The minimum Gasteiger partial charge on any atom is -0.497 e. The fraction of sp³-hybridized carbons (Fsp3) is 0.391. The van der Waals surface area contributed by atoms with Gasteiger partial charge in [-0.15, -0.1) is 0 Å². The average molecular weight is 396 g/mol. The van der Waals surface area contributed by atoms with Crippen molar-refractivity contribution in [2.24, 2.45) is 0 Å². The van der Waals surface area contributed by atoms with E-state index in [2.05, 4.69) is 5.32 Å². The number of amides is 2. The van der Waals surface area contributed by atoms with Crippen LogP contribution in [0.3, 0.4) is 0 Å². The molecule has 0 aliphatic carbocycles. The minimum absolute atomic E-state index is 0.0202. The summed E-state index contributed by atoms with van der Waals surface area (Å²) in [5, 5.41) is 2.99. The zero-order chi connectivity index (χ0) is 20.6. The van der Waals surface area contributed by atoms with Crippen LogP contribution in [0.25, 0.3) is 0 Å². The summed E-state index contributed by atoms with van der Waals surface area (Å²) < 4.78 is 10.5.